The van der Waals surface area contributed by atoms with E-state index in [1.807, 2.05) is 17.8 Å². The second-order valence-electron chi connectivity index (χ2n) is 5.44. The van der Waals surface area contributed by atoms with E-state index in [2.05, 4.69) is 45.2 Å². The third-order valence-electron chi connectivity index (χ3n) is 3.33. The first-order valence-electron chi connectivity index (χ1n) is 7.00. The average molecular weight is 355 g/mol. The van der Waals surface area contributed by atoms with E-state index in [1.54, 1.807) is 12.4 Å². The van der Waals surface area contributed by atoms with Crippen molar-refractivity contribution in [1.29, 1.82) is 0 Å². The molecule has 0 saturated heterocycles. The van der Waals surface area contributed by atoms with Gasteiger partial charge in [0, 0.05) is 19.0 Å². The zero-order valence-corrected chi connectivity index (χ0v) is 14.1. The lowest BCUT2D eigenvalue weighted by atomic mass is 10.0. The minimum absolute atomic E-state index is 0.0230. The van der Waals surface area contributed by atoms with Crippen molar-refractivity contribution in [2.24, 2.45) is 5.92 Å². The molecule has 4 nitrogen and oxygen atoms in total. The molecule has 0 aliphatic heterocycles. The molecule has 114 valence electrons. The summed E-state index contributed by atoms with van der Waals surface area (Å²) in [7, 11) is 1.87. The molecule has 0 aliphatic carbocycles. The summed E-state index contributed by atoms with van der Waals surface area (Å²) in [5.41, 5.74) is 0.886. The Morgan fingerprint density at radius 3 is 2.81 bits per heavy atom. The summed E-state index contributed by atoms with van der Waals surface area (Å²) in [6.45, 7) is 5.12. The van der Waals surface area contributed by atoms with Gasteiger partial charge in [-0.25, -0.2) is 14.1 Å². The summed E-state index contributed by atoms with van der Waals surface area (Å²) >= 11 is 3.33. The van der Waals surface area contributed by atoms with Crippen molar-refractivity contribution in [2.45, 2.75) is 32.9 Å². The minimum atomic E-state index is -0.253. The number of aromatic nitrogens is 3. The van der Waals surface area contributed by atoms with Crippen LogP contribution in [0.3, 0.4) is 0 Å². The molecule has 1 unspecified atom stereocenters. The van der Waals surface area contributed by atoms with E-state index in [1.165, 1.54) is 6.07 Å². The smallest absolute Gasteiger partial charge is 0.138 e. The molecule has 1 aromatic heterocycles. The Bertz CT molecular complexity index is 597. The second-order valence-corrected chi connectivity index (χ2v) is 6.23. The highest BCUT2D eigenvalue weighted by molar-refractivity contribution is 9.10. The van der Waals surface area contributed by atoms with Gasteiger partial charge >= 0.3 is 0 Å². The lowest BCUT2D eigenvalue weighted by Crippen LogP contribution is -2.22. The number of hydrogen-bond acceptors (Lipinski definition) is 3. The van der Waals surface area contributed by atoms with Crippen molar-refractivity contribution < 1.29 is 4.39 Å². The Morgan fingerprint density at radius 2 is 2.14 bits per heavy atom. The van der Waals surface area contributed by atoms with Gasteiger partial charge in [-0.1, -0.05) is 26.0 Å². The maximum atomic E-state index is 13.7. The van der Waals surface area contributed by atoms with Crippen LogP contribution >= 0.6 is 15.9 Å². The highest BCUT2D eigenvalue weighted by Gasteiger charge is 2.18. The highest BCUT2D eigenvalue weighted by atomic mass is 79.9. The lowest BCUT2D eigenvalue weighted by Gasteiger charge is -2.19. The van der Waals surface area contributed by atoms with Gasteiger partial charge in [0.05, 0.1) is 4.47 Å². The van der Waals surface area contributed by atoms with Crippen LogP contribution in [0.1, 0.15) is 31.3 Å². The number of nitrogens with zero attached hydrogens (tertiary/aromatic N) is 3. The number of rotatable bonds is 6. The molecule has 2 rings (SSSR count). The molecule has 0 radical (unpaired) electrons. The van der Waals surface area contributed by atoms with Crippen LogP contribution in [-0.4, -0.2) is 21.8 Å². The number of nitrogens with one attached hydrogen (secondary N) is 1. The van der Waals surface area contributed by atoms with Gasteiger partial charge in [0.1, 0.15) is 18.0 Å². The number of benzene rings is 1. The van der Waals surface area contributed by atoms with Gasteiger partial charge in [-0.05, 0) is 40.5 Å². The van der Waals surface area contributed by atoms with Crippen LogP contribution in [0.2, 0.25) is 0 Å². The molecule has 21 heavy (non-hydrogen) atoms. The Labute approximate surface area is 132 Å². The molecular weight excluding hydrogens is 335 g/mol. The Kier molecular flexibility index (Phi) is 5.47. The third-order valence-corrected chi connectivity index (χ3v) is 4.16. The van der Waals surface area contributed by atoms with Crippen molar-refractivity contribution in [3.63, 3.8) is 0 Å². The molecule has 1 N–H and O–H groups in total. The summed E-state index contributed by atoms with van der Waals surface area (Å²) in [6, 6.07) is 5.06. The fraction of sp³-hybridized carbons (Fsp3) is 0.467. The predicted octanol–water partition coefficient (Wildman–Crippen LogP) is 3.34. The van der Waals surface area contributed by atoms with Crippen LogP contribution in [0.15, 0.2) is 29.0 Å². The lowest BCUT2D eigenvalue weighted by molar-refractivity contribution is 0.450. The second kappa shape index (κ2) is 7.13. The molecule has 0 spiro atoms. The fourth-order valence-corrected chi connectivity index (χ4v) is 2.82. The van der Waals surface area contributed by atoms with Gasteiger partial charge in [0.15, 0.2) is 0 Å². The van der Waals surface area contributed by atoms with Crippen molar-refractivity contribution >= 4 is 15.9 Å². The zero-order valence-electron chi connectivity index (χ0n) is 12.5. The van der Waals surface area contributed by atoms with E-state index in [9.17, 15) is 4.39 Å². The van der Waals surface area contributed by atoms with Crippen LogP contribution in [-0.2, 0) is 13.0 Å². The van der Waals surface area contributed by atoms with Gasteiger partial charge in [-0.3, -0.25) is 0 Å². The monoisotopic (exact) mass is 354 g/mol. The van der Waals surface area contributed by atoms with E-state index in [-0.39, 0.29) is 11.9 Å². The van der Waals surface area contributed by atoms with Crippen molar-refractivity contribution in [2.75, 3.05) is 7.05 Å². The average Bonchev–Trinajstić information content (AvgIpc) is 2.86. The van der Waals surface area contributed by atoms with Crippen LogP contribution in [0.25, 0.3) is 0 Å². The topological polar surface area (TPSA) is 42.7 Å². The zero-order chi connectivity index (χ0) is 15.4. The molecule has 6 heteroatoms. The van der Waals surface area contributed by atoms with Gasteiger partial charge in [0.25, 0.3) is 0 Å². The number of hydrogen-bond donors (Lipinski definition) is 1. The fourth-order valence-electron chi connectivity index (χ4n) is 2.28. The van der Waals surface area contributed by atoms with Gasteiger partial charge < -0.3 is 5.32 Å². The molecule has 0 amide bonds. The maximum Gasteiger partial charge on any atom is 0.138 e. The quantitative estimate of drug-likeness (QED) is 0.864. The third kappa shape index (κ3) is 3.89. The molecule has 0 fully saturated rings. The summed E-state index contributed by atoms with van der Waals surface area (Å²) in [5.74, 6) is 1.15. The summed E-state index contributed by atoms with van der Waals surface area (Å²) in [6.07, 6.45) is 2.23. The first kappa shape index (κ1) is 16.1. The standard InChI is InChI=1S/C15H20BrFN4/c1-10(2)8-21-14(19-9-20-21)7-13(18-3)11-5-4-6-12(17)15(11)16/h4-6,9-10,13,18H,7-8H2,1-3H3. The van der Waals surface area contributed by atoms with Crippen molar-refractivity contribution in [3.8, 4) is 0 Å². The van der Waals surface area contributed by atoms with Crippen LogP contribution in [0, 0.1) is 11.7 Å². The Morgan fingerprint density at radius 1 is 1.38 bits per heavy atom. The SMILES string of the molecule is CNC(Cc1ncnn1CC(C)C)c1cccc(F)c1Br. The molecule has 1 aromatic carbocycles. The van der Waals surface area contributed by atoms with Crippen molar-refractivity contribution in [1.82, 2.24) is 20.1 Å². The van der Waals surface area contributed by atoms with Crippen LogP contribution in [0.4, 0.5) is 4.39 Å². The molecule has 0 saturated carbocycles. The van der Waals surface area contributed by atoms with E-state index in [4.69, 9.17) is 0 Å². The van der Waals surface area contributed by atoms with Gasteiger partial charge in [-0.15, -0.1) is 0 Å². The molecule has 1 heterocycles. The minimum Gasteiger partial charge on any atom is -0.313 e. The van der Waals surface area contributed by atoms with Gasteiger partial charge in [0.2, 0.25) is 0 Å². The molecule has 0 bridgehead atoms. The van der Waals surface area contributed by atoms with E-state index in [0.717, 1.165) is 17.9 Å². The normalized spacial score (nSPS) is 12.9. The molecular formula is C15H20BrFN4. The van der Waals surface area contributed by atoms with Crippen molar-refractivity contribution in [3.05, 3.63) is 46.2 Å². The Hall–Kier alpha value is -1.27. The predicted molar refractivity (Wildman–Crippen MR) is 84.5 cm³/mol. The first-order valence-corrected chi connectivity index (χ1v) is 7.80. The van der Waals surface area contributed by atoms with E-state index in [0.29, 0.717) is 16.8 Å². The van der Waals surface area contributed by atoms with Gasteiger partial charge in [-0.2, -0.15) is 5.10 Å². The number of likely N-dealkylation sites (N-methyl/N-ethyl adjacent to an activating group) is 1. The maximum absolute atomic E-state index is 13.7. The molecule has 0 aliphatic rings. The highest BCUT2D eigenvalue weighted by Crippen LogP contribution is 2.27. The largest absolute Gasteiger partial charge is 0.313 e. The number of halogens is 2. The Balaban J connectivity index is 2.24. The van der Waals surface area contributed by atoms with E-state index >= 15 is 0 Å². The summed E-state index contributed by atoms with van der Waals surface area (Å²) in [4.78, 5) is 4.34. The van der Waals surface area contributed by atoms with Crippen LogP contribution in [0.5, 0.6) is 0 Å². The van der Waals surface area contributed by atoms with E-state index < -0.39 is 0 Å². The molecule has 2 aromatic rings. The molecule has 1 atom stereocenters. The summed E-state index contributed by atoms with van der Waals surface area (Å²) in [5, 5.41) is 7.50. The summed E-state index contributed by atoms with van der Waals surface area (Å²) < 4.78 is 16.1. The van der Waals surface area contributed by atoms with Crippen LogP contribution < -0.4 is 5.32 Å². The first-order chi connectivity index (χ1) is 10.0.